The zero-order valence-electron chi connectivity index (χ0n) is 11.0. The number of benzene rings is 2. The van der Waals surface area contributed by atoms with E-state index < -0.39 is 17.7 Å². The van der Waals surface area contributed by atoms with Crippen molar-refractivity contribution in [1.29, 1.82) is 0 Å². The zero-order chi connectivity index (χ0) is 15.1. The van der Waals surface area contributed by atoms with E-state index in [1.54, 1.807) is 31.3 Å². The second-order valence-electron chi connectivity index (χ2n) is 4.70. The first-order valence-electron chi connectivity index (χ1n) is 6.20. The number of nitrogens with zero attached hydrogens (tertiary/aromatic N) is 1. The summed E-state index contributed by atoms with van der Waals surface area (Å²) >= 11 is 5.87. The molecule has 1 aromatic heterocycles. The molecule has 0 aliphatic heterocycles. The van der Waals surface area contributed by atoms with Crippen LogP contribution in [0, 0.1) is 5.82 Å². The zero-order valence-corrected chi connectivity index (χ0v) is 11.8. The van der Waals surface area contributed by atoms with E-state index in [1.807, 2.05) is 0 Å². The van der Waals surface area contributed by atoms with Gasteiger partial charge in [0.1, 0.15) is 11.9 Å². The van der Waals surface area contributed by atoms with Crippen molar-refractivity contribution in [1.82, 2.24) is 4.57 Å². The molecule has 1 atom stereocenters. The highest BCUT2D eigenvalue weighted by Gasteiger charge is 2.18. The molecule has 4 nitrogen and oxygen atoms in total. The van der Waals surface area contributed by atoms with Gasteiger partial charge in [-0.1, -0.05) is 29.8 Å². The Morgan fingerprint density at radius 2 is 2.10 bits per heavy atom. The number of fused-ring (bicyclic) bond motifs is 1. The maximum absolute atomic E-state index is 13.5. The van der Waals surface area contributed by atoms with Crippen LogP contribution in [0.4, 0.5) is 4.39 Å². The molecule has 1 unspecified atom stereocenters. The minimum absolute atomic E-state index is 0.125. The molecule has 0 radical (unpaired) electrons. The summed E-state index contributed by atoms with van der Waals surface area (Å²) in [7, 11) is 1.59. The standard InChI is InChI=1S/C15H11ClFNO3/c1-18-11-6-5-8(7-12(11)21-15(18)20)14(19)9-3-2-4-10(17)13(9)16/h2-7,14,19H,1H3. The fourth-order valence-corrected chi connectivity index (χ4v) is 2.46. The first-order chi connectivity index (χ1) is 9.99. The maximum Gasteiger partial charge on any atom is 0.419 e. The largest absolute Gasteiger partial charge is 0.419 e. The van der Waals surface area contributed by atoms with Crippen LogP contribution in [0.1, 0.15) is 17.2 Å². The molecule has 0 fully saturated rings. The summed E-state index contributed by atoms with van der Waals surface area (Å²) in [6.07, 6.45) is -1.11. The van der Waals surface area contributed by atoms with Gasteiger partial charge in [0.2, 0.25) is 0 Å². The number of aryl methyl sites for hydroxylation is 1. The second-order valence-corrected chi connectivity index (χ2v) is 5.08. The molecule has 0 bridgehead atoms. The fourth-order valence-electron chi connectivity index (χ4n) is 2.23. The van der Waals surface area contributed by atoms with Crippen LogP contribution < -0.4 is 5.76 Å². The molecule has 1 heterocycles. The van der Waals surface area contributed by atoms with Crippen molar-refractivity contribution in [2.45, 2.75) is 6.10 Å². The molecule has 0 aliphatic rings. The van der Waals surface area contributed by atoms with Crippen molar-refractivity contribution < 1.29 is 13.9 Å². The van der Waals surface area contributed by atoms with E-state index in [4.69, 9.17) is 16.0 Å². The predicted octanol–water partition coefficient (Wildman–Crippen LogP) is 3.01. The number of aromatic nitrogens is 1. The minimum atomic E-state index is -1.11. The van der Waals surface area contributed by atoms with E-state index in [2.05, 4.69) is 0 Å². The Kier molecular flexibility index (Phi) is 3.31. The van der Waals surface area contributed by atoms with Crippen molar-refractivity contribution in [3.05, 3.63) is 68.9 Å². The van der Waals surface area contributed by atoms with Gasteiger partial charge in [0.25, 0.3) is 0 Å². The number of oxazole rings is 1. The number of hydrogen-bond donors (Lipinski definition) is 1. The van der Waals surface area contributed by atoms with E-state index >= 15 is 0 Å². The SMILES string of the molecule is Cn1c(=O)oc2cc(C(O)c3cccc(F)c3Cl)ccc21. The summed E-state index contributed by atoms with van der Waals surface area (Å²) in [5, 5.41) is 10.2. The summed E-state index contributed by atoms with van der Waals surface area (Å²) in [5.41, 5.74) is 1.69. The van der Waals surface area contributed by atoms with Crippen LogP contribution in [-0.2, 0) is 7.05 Å². The van der Waals surface area contributed by atoms with Crippen LogP contribution in [0.15, 0.2) is 45.6 Å². The van der Waals surface area contributed by atoms with Crippen LogP contribution in [0.2, 0.25) is 5.02 Å². The normalized spacial score (nSPS) is 12.8. The average Bonchev–Trinajstić information content (AvgIpc) is 2.76. The Bertz CT molecular complexity index is 884. The minimum Gasteiger partial charge on any atom is -0.408 e. The summed E-state index contributed by atoms with van der Waals surface area (Å²) in [4.78, 5) is 11.5. The molecule has 21 heavy (non-hydrogen) atoms. The first-order valence-corrected chi connectivity index (χ1v) is 6.58. The Hall–Kier alpha value is -2.11. The number of aliphatic hydroxyl groups excluding tert-OH is 1. The molecule has 0 saturated heterocycles. The Morgan fingerprint density at radius 1 is 1.33 bits per heavy atom. The number of hydrogen-bond acceptors (Lipinski definition) is 3. The van der Waals surface area contributed by atoms with Crippen LogP contribution in [0.3, 0.4) is 0 Å². The van der Waals surface area contributed by atoms with Crippen molar-refractivity contribution in [2.75, 3.05) is 0 Å². The van der Waals surface area contributed by atoms with Crippen LogP contribution in [0.5, 0.6) is 0 Å². The molecular formula is C15H11ClFNO3. The lowest BCUT2D eigenvalue weighted by Gasteiger charge is -2.13. The molecule has 1 N–H and O–H groups in total. The van der Waals surface area contributed by atoms with Gasteiger partial charge in [-0.15, -0.1) is 0 Å². The van der Waals surface area contributed by atoms with Crippen LogP contribution in [-0.4, -0.2) is 9.67 Å². The Labute approximate surface area is 124 Å². The first kappa shape index (κ1) is 13.9. The molecule has 0 amide bonds. The van der Waals surface area contributed by atoms with Crippen molar-refractivity contribution in [2.24, 2.45) is 7.05 Å². The van der Waals surface area contributed by atoms with E-state index in [1.165, 1.54) is 16.7 Å². The van der Waals surface area contributed by atoms with E-state index in [-0.39, 0.29) is 10.6 Å². The summed E-state index contributed by atoms with van der Waals surface area (Å²) in [6.45, 7) is 0. The van der Waals surface area contributed by atoms with Gasteiger partial charge < -0.3 is 9.52 Å². The third-order valence-corrected chi connectivity index (χ3v) is 3.81. The van der Waals surface area contributed by atoms with Crippen molar-refractivity contribution >= 4 is 22.7 Å². The van der Waals surface area contributed by atoms with Gasteiger partial charge in [-0.3, -0.25) is 4.57 Å². The molecule has 108 valence electrons. The van der Waals surface area contributed by atoms with Gasteiger partial charge in [0, 0.05) is 12.6 Å². The lowest BCUT2D eigenvalue weighted by molar-refractivity contribution is 0.220. The number of halogens is 2. The van der Waals surface area contributed by atoms with E-state index in [0.29, 0.717) is 16.7 Å². The average molecular weight is 308 g/mol. The third kappa shape index (κ3) is 2.24. The molecule has 0 aliphatic carbocycles. The summed E-state index contributed by atoms with van der Waals surface area (Å²) < 4.78 is 19.9. The molecule has 2 aromatic carbocycles. The lowest BCUT2D eigenvalue weighted by atomic mass is 10.0. The molecule has 0 spiro atoms. The highest BCUT2D eigenvalue weighted by Crippen LogP contribution is 2.31. The number of aliphatic hydroxyl groups is 1. The highest BCUT2D eigenvalue weighted by molar-refractivity contribution is 6.31. The van der Waals surface area contributed by atoms with Crippen LogP contribution in [0.25, 0.3) is 11.1 Å². The maximum atomic E-state index is 13.5. The van der Waals surface area contributed by atoms with Gasteiger partial charge in [-0.25, -0.2) is 9.18 Å². The quantitative estimate of drug-likeness (QED) is 0.792. The molecular weight excluding hydrogens is 297 g/mol. The predicted molar refractivity (Wildman–Crippen MR) is 76.9 cm³/mol. The van der Waals surface area contributed by atoms with Crippen LogP contribution >= 0.6 is 11.6 Å². The van der Waals surface area contributed by atoms with E-state index in [9.17, 15) is 14.3 Å². The number of rotatable bonds is 2. The monoisotopic (exact) mass is 307 g/mol. The van der Waals surface area contributed by atoms with Crippen molar-refractivity contribution in [3.63, 3.8) is 0 Å². The highest BCUT2D eigenvalue weighted by atomic mass is 35.5. The second kappa shape index (κ2) is 5.02. The van der Waals surface area contributed by atoms with Crippen molar-refractivity contribution in [3.8, 4) is 0 Å². The molecule has 6 heteroatoms. The molecule has 0 saturated carbocycles. The van der Waals surface area contributed by atoms with Gasteiger partial charge in [0.15, 0.2) is 5.58 Å². The topological polar surface area (TPSA) is 55.4 Å². The van der Waals surface area contributed by atoms with Gasteiger partial charge in [-0.05, 0) is 23.8 Å². The van der Waals surface area contributed by atoms with Gasteiger partial charge >= 0.3 is 5.76 Å². The van der Waals surface area contributed by atoms with E-state index in [0.717, 1.165) is 0 Å². The summed E-state index contributed by atoms with van der Waals surface area (Å²) in [5.74, 6) is -1.08. The smallest absolute Gasteiger partial charge is 0.408 e. The molecule has 3 rings (SSSR count). The summed E-state index contributed by atoms with van der Waals surface area (Å²) in [6, 6.07) is 9.08. The van der Waals surface area contributed by atoms with Gasteiger partial charge in [0.05, 0.1) is 10.5 Å². The Morgan fingerprint density at radius 3 is 2.86 bits per heavy atom. The van der Waals surface area contributed by atoms with Gasteiger partial charge in [-0.2, -0.15) is 0 Å². The molecule has 3 aromatic rings. The Balaban J connectivity index is 2.11. The fraction of sp³-hybridized carbons (Fsp3) is 0.133. The lowest BCUT2D eigenvalue weighted by Crippen LogP contribution is -2.08. The third-order valence-electron chi connectivity index (χ3n) is 3.41.